The van der Waals surface area contributed by atoms with Crippen LogP contribution in [0, 0.1) is 0 Å². The number of hydrogen-bond donors (Lipinski definition) is 0. The molecule has 17 heavy (non-hydrogen) atoms. The third-order valence-corrected chi connectivity index (χ3v) is 3.73. The third-order valence-electron chi connectivity index (χ3n) is 2.38. The highest BCUT2D eigenvalue weighted by molar-refractivity contribution is 7.41. The van der Waals surface area contributed by atoms with Gasteiger partial charge in [0.1, 0.15) is 10.3 Å². The fourth-order valence-corrected chi connectivity index (χ4v) is 2.44. The highest BCUT2D eigenvalue weighted by Crippen LogP contribution is 2.21. The van der Waals surface area contributed by atoms with Crippen LogP contribution in [0.25, 0.3) is 0 Å². The minimum Gasteiger partial charge on any atom is -0.381 e. The van der Waals surface area contributed by atoms with Crippen molar-refractivity contribution in [3.05, 3.63) is 39.8 Å². The molecule has 0 unspecified atom stereocenters. The van der Waals surface area contributed by atoms with E-state index in [1.165, 1.54) is 5.70 Å². The number of pyridine rings is 1. The predicted octanol–water partition coefficient (Wildman–Crippen LogP) is 3.95. The minimum atomic E-state index is 0.416. The van der Waals surface area contributed by atoms with E-state index in [9.17, 15) is 0 Å². The molecule has 0 fully saturated rings. The van der Waals surface area contributed by atoms with Crippen LogP contribution in [0.15, 0.2) is 23.9 Å². The SMILES string of the molecule is CP=C(/C=C(\C)N(C)C)c1ccc(Cl)nc1Cl. The van der Waals surface area contributed by atoms with Crippen molar-refractivity contribution in [2.24, 2.45) is 0 Å². The number of allylic oxidation sites excluding steroid dienone is 2. The summed E-state index contributed by atoms with van der Waals surface area (Å²) in [6.45, 7) is 4.13. The first-order chi connectivity index (χ1) is 7.95. The molecule has 0 saturated heterocycles. The van der Waals surface area contributed by atoms with Crippen LogP contribution in [0.3, 0.4) is 0 Å². The van der Waals surface area contributed by atoms with E-state index >= 15 is 0 Å². The summed E-state index contributed by atoms with van der Waals surface area (Å²) in [6.07, 6.45) is 2.11. The van der Waals surface area contributed by atoms with Gasteiger partial charge in [0.2, 0.25) is 0 Å². The van der Waals surface area contributed by atoms with Crippen molar-refractivity contribution < 1.29 is 0 Å². The molecule has 0 aliphatic rings. The molecule has 1 heterocycles. The van der Waals surface area contributed by atoms with E-state index in [1.54, 1.807) is 6.07 Å². The van der Waals surface area contributed by atoms with Crippen molar-refractivity contribution in [2.75, 3.05) is 20.8 Å². The highest BCUT2D eigenvalue weighted by atomic mass is 35.5. The molecule has 0 aliphatic carbocycles. The third kappa shape index (κ3) is 3.99. The normalized spacial score (nSPS) is 12.8. The lowest BCUT2D eigenvalue weighted by Gasteiger charge is -2.13. The molecule has 1 aromatic heterocycles. The molecular formula is C12H15Cl2N2P. The first-order valence-corrected chi connectivity index (χ1v) is 7.20. The second-order valence-electron chi connectivity index (χ2n) is 3.76. The summed E-state index contributed by atoms with van der Waals surface area (Å²) in [6, 6.07) is 3.66. The molecule has 0 aromatic carbocycles. The van der Waals surface area contributed by atoms with Crippen molar-refractivity contribution in [2.45, 2.75) is 6.92 Å². The summed E-state index contributed by atoms with van der Waals surface area (Å²) in [5, 5.41) is 1.99. The van der Waals surface area contributed by atoms with E-state index in [0.29, 0.717) is 10.3 Å². The van der Waals surface area contributed by atoms with Gasteiger partial charge in [-0.05, 0) is 31.8 Å². The fraction of sp³-hybridized carbons (Fsp3) is 0.333. The summed E-state index contributed by atoms with van der Waals surface area (Å²) in [5.41, 5.74) is 2.10. The van der Waals surface area contributed by atoms with Gasteiger partial charge in [-0.15, -0.1) is 0 Å². The molecule has 0 saturated carbocycles. The summed E-state index contributed by atoms with van der Waals surface area (Å²) in [4.78, 5) is 6.12. The van der Waals surface area contributed by atoms with Crippen molar-refractivity contribution in [1.29, 1.82) is 0 Å². The molecule has 0 bridgehead atoms. The monoisotopic (exact) mass is 288 g/mol. The van der Waals surface area contributed by atoms with E-state index in [-0.39, 0.29) is 0 Å². The second kappa shape index (κ2) is 6.39. The Morgan fingerprint density at radius 2 is 2.00 bits per heavy atom. The zero-order valence-electron chi connectivity index (χ0n) is 10.3. The van der Waals surface area contributed by atoms with Crippen LogP contribution in [-0.4, -0.2) is 35.9 Å². The Labute approximate surface area is 114 Å². The van der Waals surface area contributed by atoms with E-state index in [4.69, 9.17) is 23.2 Å². The van der Waals surface area contributed by atoms with E-state index < -0.39 is 0 Å². The Kier molecular flexibility index (Phi) is 5.45. The molecule has 0 spiro atoms. The molecule has 92 valence electrons. The van der Waals surface area contributed by atoms with Gasteiger partial charge in [0.05, 0.1) is 0 Å². The molecule has 1 rings (SSSR count). The average molecular weight is 289 g/mol. The van der Waals surface area contributed by atoms with Gasteiger partial charge in [0, 0.05) is 30.6 Å². The van der Waals surface area contributed by atoms with Crippen LogP contribution in [-0.2, 0) is 0 Å². The number of rotatable bonds is 3. The number of halogens is 2. The maximum Gasteiger partial charge on any atom is 0.138 e. The topological polar surface area (TPSA) is 16.1 Å². The van der Waals surface area contributed by atoms with Gasteiger partial charge in [0.25, 0.3) is 0 Å². The first-order valence-electron chi connectivity index (χ1n) is 5.10. The van der Waals surface area contributed by atoms with Crippen LogP contribution < -0.4 is 0 Å². The molecule has 0 amide bonds. The number of aromatic nitrogens is 1. The number of hydrogen-bond acceptors (Lipinski definition) is 2. The smallest absolute Gasteiger partial charge is 0.138 e. The molecular weight excluding hydrogens is 274 g/mol. The van der Waals surface area contributed by atoms with Crippen molar-refractivity contribution >= 4 is 36.7 Å². The van der Waals surface area contributed by atoms with Crippen LogP contribution in [0.5, 0.6) is 0 Å². The van der Waals surface area contributed by atoms with Gasteiger partial charge < -0.3 is 4.90 Å². The zero-order chi connectivity index (χ0) is 13.0. The minimum absolute atomic E-state index is 0.416. The van der Waals surface area contributed by atoms with Crippen molar-refractivity contribution in [3.63, 3.8) is 0 Å². The van der Waals surface area contributed by atoms with Gasteiger partial charge in [-0.2, -0.15) is 0 Å². The summed E-state index contributed by atoms with van der Waals surface area (Å²) < 4.78 is 0. The van der Waals surface area contributed by atoms with Gasteiger partial charge in [-0.25, -0.2) is 4.98 Å². The molecule has 5 heteroatoms. The average Bonchev–Trinajstić information content (AvgIpc) is 2.26. The summed E-state index contributed by atoms with van der Waals surface area (Å²) in [5.74, 6) is 0. The van der Waals surface area contributed by atoms with Crippen LogP contribution >= 0.6 is 31.4 Å². The summed E-state index contributed by atoms with van der Waals surface area (Å²) in [7, 11) is 5.17. The molecule has 0 atom stereocenters. The van der Waals surface area contributed by atoms with Gasteiger partial charge in [-0.1, -0.05) is 31.4 Å². The first kappa shape index (κ1) is 14.5. The van der Waals surface area contributed by atoms with Gasteiger partial charge in [-0.3, -0.25) is 0 Å². The number of nitrogens with zero attached hydrogens (tertiary/aromatic N) is 2. The fourth-order valence-electron chi connectivity index (χ4n) is 1.19. The molecule has 0 radical (unpaired) electrons. The lowest BCUT2D eigenvalue weighted by Crippen LogP contribution is -2.10. The Balaban J connectivity index is 3.16. The van der Waals surface area contributed by atoms with Crippen molar-refractivity contribution in [3.8, 4) is 0 Å². The van der Waals surface area contributed by atoms with Gasteiger partial charge >= 0.3 is 0 Å². The van der Waals surface area contributed by atoms with E-state index in [1.807, 2.05) is 20.2 Å². The predicted molar refractivity (Wildman–Crippen MR) is 78.7 cm³/mol. The maximum atomic E-state index is 6.10. The van der Waals surface area contributed by atoms with Crippen LogP contribution in [0.1, 0.15) is 12.5 Å². The van der Waals surface area contributed by atoms with Crippen LogP contribution in [0.4, 0.5) is 0 Å². The van der Waals surface area contributed by atoms with Crippen LogP contribution in [0.2, 0.25) is 10.3 Å². The largest absolute Gasteiger partial charge is 0.381 e. The maximum absolute atomic E-state index is 6.10. The quantitative estimate of drug-likeness (QED) is 0.618. The lowest BCUT2D eigenvalue weighted by atomic mass is 10.2. The Morgan fingerprint density at radius 1 is 1.35 bits per heavy atom. The molecule has 1 aromatic rings. The molecule has 0 N–H and O–H groups in total. The lowest BCUT2D eigenvalue weighted by molar-refractivity contribution is 0.515. The Hall–Kier alpha value is -0.560. The standard InChI is InChI=1S/C12H15Cl2N2P/c1-8(16(2)3)7-10(17-4)9-5-6-11(13)15-12(9)14/h5-7H,1-4H3/b8-7+. The van der Waals surface area contributed by atoms with Gasteiger partial charge in [0.15, 0.2) is 0 Å². The van der Waals surface area contributed by atoms with E-state index in [2.05, 4.69) is 29.5 Å². The molecule has 2 nitrogen and oxygen atoms in total. The Morgan fingerprint density at radius 3 is 2.47 bits per heavy atom. The molecule has 0 aliphatic heterocycles. The highest BCUT2D eigenvalue weighted by Gasteiger charge is 2.07. The van der Waals surface area contributed by atoms with E-state index in [0.717, 1.165) is 19.1 Å². The Bertz CT molecular complexity index is 468. The van der Waals surface area contributed by atoms with Crippen molar-refractivity contribution in [1.82, 2.24) is 9.88 Å². The summed E-state index contributed by atoms with van der Waals surface area (Å²) >= 11 is 11.9. The second-order valence-corrected chi connectivity index (χ2v) is 5.44. The zero-order valence-corrected chi connectivity index (χ0v) is 12.7.